The van der Waals surface area contributed by atoms with Gasteiger partial charge in [0.15, 0.2) is 0 Å². The zero-order chi connectivity index (χ0) is 15.9. The van der Waals surface area contributed by atoms with Gasteiger partial charge in [-0.25, -0.2) is 0 Å². The Balaban J connectivity index is 2.72. The van der Waals surface area contributed by atoms with Gasteiger partial charge in [-0.15, -0.1) is 0 Å². The van der Waals surface area contributed by atoms with Crippen molar-refractivity contribution in [3.63, 3.8) is 0 Å². The van der Waals surface area contributed by atoms with Crippen LogP contribution in [-0.2, 0) is 6.54 Å². The van der Waals surface area contributed by atoms with E-state index in [1.165, 1.54) is 30.5 Å². The van der Waals surface area contributed by atoms with Crippen LogP contribution in [0.2, 0.25) is 0 Å². The van der Waals surface area contributed by atoms with Crippen molar-refractivity contribution < 1.29 is 0 Å². The first-order valence-corrected chi connectivity index (χ1v) is 8.48. The molecule has 0 radical (unpaired) electrons. The number of unbranched alkanes of at least 4 members (excludes halogenated alkanes) is 1. The molecule has 120 valence electrons. The number of rotatable bonds is 8. The Morgan fingerprint density at radius 3 is 2.19 bits per heavy atom. The molecule has 0 fully saturated rings. The van der Waals surface area contributed by atoms with Gasteiger partial charge < -0.3 is 10.2 Å². The summed E-state index contributed by atoms with van der Waals surface area (Å²) >= 11 is 0. The predicted molar refractivity (Wildman–Crippen MR) is 95.0 cm³/mol. The van der Waals surface area contributed by atoms with Crippen molar-refractivity contribution in [3.05, 3.63) is 29.8 Å². The molecule has 21 heavy (non-hydrogen) atoms. The molecule has 0 aliphatic heterocycles. The first-order valence-electron chi connectivity index (χ1n) is 8.48. The van der Waals surface area contributed by atoms with E-state index < -0.39 is 0 Å². The summed E-state index contributed by atoms with van der Waals surface area (Å²) in [7, 11) is 0. The van der Waals surface area contributed by atoms with Gasteiger partial charge in [0.25, 0.3) is 0 Å². The van der Waals surface area contributed by atoms with Gasteiger partial charge >= 0.3 is 0 Å². The van der Waals surface area contributed by atoms with Crippen LogP contribution in [0.1, 0.15) is 66.4 Å². The molecule has 1 atom stereocenters. The molecule has 0 aliphatic rings. The van der Waals surface area contributed by atoms with Gasteiger partial charge in [0.1, 0.15) is 0 Å². The van der Waals surface area contributed by atoms with Crippen LogP contribution in [0.15, 0.2) is 24.3 Å². The lowest BCUT2D eigenvalue weighted by atomic mass is 10.1. The molecular formula is C19H34N2. The van der Waals surface area contributed by atoms with E-state index in [9.17, 15) is 0 Å². The van der Waals surface area contributed by atoms with Crippen LogP contribution >= 0.6 is 0 Å². The predicted octanol–water partition coefficient (Wildman–Crippen LogP) is 4.98. The van der Waals surface area contributed by atoms with E-state index >= 15 is 0 Å². The third kappa shape index (κ3) is 6.52. The molecule has 0 bridgehead atoms. The first-order chi connectivity index (χ1) is 9.87. The lowest BCUT2D eigenvalue weighted by Crippen LogP contribution is -2.35. The smallest absolute Gasteiger partial charge is 0.0368 e. The zero-order valence-electron chi connectivity index (χ0n) is 14.9. The molecule has 0 aliphatic carbocycles. The van der Waals surface area contributed by atoms with E-state index in [0.29, 0.717) is 6.04 Å². The van der Waals surface area contributed by atoms with Gasteiger partial charge in [-0.1, -0.05) is 32.4 Å². The summed E-state index contributed by atoms with van der Waals surface area (Å²) < 4.78 is 0. The molecule has 0 spiro atoms. The topological polar surface area (TPSA) is 15.3 Å². The Hall–Kier alpha value is -1.02. The van der Waals surface area contributed by atoms with E-state index in [1.54, 1.807) is 0 Å². The highest BCUT2D eigenvalue weighted by Gasteiger charge is 2.13. The molecule has 0 saturated heterocycles. The first kappa shape index (κ1) is 18.0. The second-order valence-corrected chi connectivity index (χ2v) is 7.07. The average Bonchev–Trinajstić information content (AvgIpc) is 2.45. The van der Waals surface area contributed by atoms with Crippen molar-refractivity contribution in [2.24, 2.45) is 0 Å². The zero-order valence-corrected chi connectivity index (χ0v) is 14.9. The summed E-state index contributed by atoms with van der Waals surface area (Å²) in [5.74, 6) is 0. The van der Waals surface area contributed by atoms with Crippen LogP contribution in [0.3, 0.4) is 0 Å². The normalized spacial score (nSPS) is 13.2. The fourth-order valence-corrected chi connectivity index (χ4v) is 2.33. The molecule has 1 aromatic carbocycles. The fraction of sp³-hybridized carbons (Fsp3) is 0.684. The van der Waals surface area contributed by atoms with E-state index in [1.807, 2.05) is 0 Å². The number of anilines is 1. The molecule has 0 saturated carbocycles. The van der Waals surface area contributed by atoms with Crippen LogP contribution in [0.5, 0.6) is 0 Å². The number of hydrogen-bond acceptors (Lipinski definition) is 2. The summed E-state index contributed by atoms with van der Waals surface area (Å²) in [6, 6.07) is 9.68. The van der Waals surface area contributed by atoms with E-state index in [0.717, 1.165) is 13.1 Å². The Bertz CT molecular complexity index is 389. The average molecular weight is 290 g/mol. The Morgan fingerprint density at radius 1 is 1.10 bits per heavy atom. The Kier molecular flexibility index (Phi) is 7.24. The van der Waals surface area contributed by atoms with Crippen molar-refractivity contribution in [3.8, 4) is 0 Å². The molecule has 0 heterocycles. The quantitative estimate of drug-likeness (QED) is 0.726. The fourth-order valence-electron chi connectivity index (χ4n) is 2.33. The maximum Gasteiger partial charge on any atom is 0.0368 e. The maximum absolute atomic E-state index is 3.54. The SMILES string of the molecule is CCCCN(c1ccc(CNC(C)(C)C)cc1)C(C)CC. The monoisotopic (exact) mass is 290 g/mol. The summed E-state index contributed by atoms with van der Waals surface area (Å²) in [6.45, 7) is 15.6. The number of hydrogen-bond donors (Lipinski definition) is 1. The van der Waals surface area contributed by atoms with Gasteiger partial charge in [-0.05, 0) is 58.2 Å². The third-order valence-corrected chi connectivity index (χ3v) is 3.97. The van der Waals surface area contributed by atoms with Crippen molar-refractivity contribution in [1.82, 2.24) is 5.32 Å². The van der Waals surface area contributed by atoms with E-state index in [2.05, 4.69) is 76.0 Å². The molecule has 1 rings (SSSR count). The minimum absolute atomic E-state index is 0.169. The number of nitrogens with one attached hydrogen (secondary N) is 1. The van der Waals surface area contributed by atoms with Gasteiger partial charge in [0, 0.05) is 30.4 Å². The van der Waals surface area contributed by atoms with Gasteiger partial charge in [0.05, 0.1) is 0 Å². The van der Waals surface area contributed by atoms with Gasteiger partial charge in [-0.2, -0.15) is 0 Å². The highest BCUT2D eigenvalue weighted by Crippen LogP contribution is 2.20. The standard InChI is InChI=1S/C19H34N2/c1-7-9-14-21(16(3)8-2)18-12-10-17(11-13-18)15-20-19(4,5)6/h10-13,16,20H,7-9,14-15H2,1-6H3. The molecule has 0 aromatic heterocycles. The Morgan fingerprint density at radius 2 is 1.71 bits per heavy atom. The molecular weight excluding hydrogens is 256 g/mol. The molecule has 2 heteroatoms. The second-order valence-electron chi connectivity index (χ2n) is 7.07. The van der Waals surface area contributed by atoms with Crippen molar-refractivity contribution >= 4 is 5.69 Å². The van der Waals surface area contributed by atoms with E-state index in [4.69, 9.17) is 0 Å². The second kappa shape index (κ2) is 8.43. The number of nitrogens with zero attached hydrogens (tertiary/aromatic N) is 1. The summed E-state index contributed by atoms with van der Waals surface area (Å²) in [6.07, 6.45) is 3.70. The number of benzene rings is 1. The lowest BCUT2D eigenvalue weighted by Gasteiger charge is -2.31. The van der Waals surface area contributed by atoms with Crippen molar-refractivity contribution in [2.45, 2.75) is 78.9 Å². The van der Waals surface area contributed by atoms with Crippen molar-refractivity contribution in [2.75, 3.05) is 11.4 Å². The van der Waals surface area contributed by atoms with Crippen LogP contribution in [0.4, 0.5) is 5.69 Å². The minimum atomic E-state index is 0.169. The van der Waals surface area contributed by atoms with Gasteiger partial charge in [0.2, 0.25) is 0 Å². The van der Waals surface area contributed by atoms with E-state index in [-0.39, 0.29) is 5.54 Å². The highest BCUT2D eigenvalue weighted by molar-refractivity contribution is 5.48. The lowest BCUT2D eigenvalue weighted by molar-refractivity contribution is 0.424. The molecule has 1 N–H and O–H groups in total. The summed E-state index contributed by atoms with van der Waals surface area (Å²) in [4.78, 5) is 2.55. The van der Waals surface area contributed by atoms with Gasteiger partial charge in [-0.3, -0.25) is 0 Å². The minimum Gasteiger partial charge on any atom is -0.369 e. The van der Waals surface area contributed by atoms with Crippen LogP contribution < -0.4 is 10.2 Å². The molecule has 0 amide bonds. The van der Waals surface area contributed by atoms with Crippen molar-refractivity contribution in [1.29, 1.82) is 0 Å². The molecule has 2 nitrogen and oxygen atoms in total. The Labute approximate surface area is 131 Å². The van der Waals surface area contributed by atoms with Crippen LogP contribution in [0, 0.1) is 0 Å². The summed E-state index contributed by atoms with van der Waals surface area (Å²) in [5.41, 5.74) is 2.88. The molecule has 1 unspecified atom stereocenters. The van der Waals surface area contributed by atoms with Crippen LogP contribution in [0.25, 0.3) is 0 Å². The highest BCUT2D eigenvalue weighted by atomic mass is 15.2. The largest absolute Gasteiger partial charge is 0.369 e. The molecule has 1 aromatic rings. The summed E-state index contributed by atoms with van der Waals surface area (Å²) in [5, 5.41) is 3.54. The third-order valence-electron chi connectivity index (χ3n) is 3.97. The van der Waals surface area contributed by atoms with Crippen LogP contribution in [-0.4, -0.2) is 18.1 Å². The maximum atomic E-state index is 3.54.